The molecule has 8 nitrogen and oxygen atoms in total. The zero-order chi connectivity index (χ0) is 14.8. The zero-order valence-electron chi connectivity index (χ0n) is 11.2. The lowest BCUT2D eigenvalue weighted by atomic mass is 10.1. The molecule has 0 fully saturated rings. The minimum absolute atomic E-state index is 0.0707. The Morgan fingerprint density at radius 3 is 2.47 bits per heavy atom. The number of aliphatic carboxylic acids is 1. The second kappa shape index (κ2) is 9.29. The zero-order valence-corrected chi connectivity index (χ0v) is 11.2. The summed E-state index contributed by atoms with van der Waals surface area (Å²) in [7, 11) is 0. The lowest BCUT2D eigenvalue weighted by Crippen LogP contribution is -2.42. The lowest BCUT2D eigenvalue weighted by Gasteiger charge is -2.23. The smallest absolute Gasteiger partial charge is 0.329 e. The number of ether oxygens (including phenoxy) is 1. The molecule has 0 aromatic carbocycles. The Balaban J connectivity index is 4.47. The van der Waals surface area contributed by atoms with Crippen LogP contribution in [-0.2, 0) is 14.3 Å². The quantitative estimate of drug-likeness (QED) is 0.190. The van der Waals surface area contributed by atoms with Crippen LogP contribution in [0, 0.1) is 0 Å². The molecular formula is C11H21N3O5. The van der Waals surface area contributed by atoms with Crippen LogP contribution in [-0.4, -0.2) is 52.5 Å². The molecule has 0 saturated heterocycles. The lowest BCUT2D eigenvalue weighted by molar-refractivity contribution is -0.154. The summed E-state index contributed by atoms with van der Waals surface area (Å²) in [6, 6.07) is -1.09. The summed E-state index contributed by atoms with van der Waals surface area (Å²) in [6.45, 7) is 2.88. The van der Waals surface area contributed by atoms with E-state index in [0.29, 0.717) is 24.4 Å². The van der Waals surface area contributed by atoms with E-state index >= 15 is 0 Å². The van der Waals surface area contributed by atoms with Gasteiger partial charge in [0.05, 0.1) is 0 Å². The summed E-state index contributed by atoms with van der Waals surface area (Å²) in [5.41, 5.74) is 5.33. The number of hydrogen-bond donors (Lipinski definition) is 3. The minimum Gasteiger partial charge on any atom is -0.480 e. The monoisotopic (exact) mass is 275 g/mol. The van der Waals surface area contributed by atoms with Crippen molar-refractivity contribution in [1.82, 2.24) is 5.06 Å². The molecule has 0 unspecified atom stereocenters. The summed E-state index contributed by atoms with van der Waals surface area (Å²) in [4.78, 5) is 25.3. The van der Waals surface area contributed by atoms with E-state index in [9.17, 15) is 14.8 Å². The number of carboxylic acids is 1. The highest BCUT2D eigenvalue weighted by Gasteiger charge is 2.25. The van der Waals surface area contributed by atoms with Crippen molar-refractivity contribution >= 4 is 17.8 Å². The molecule has 0 heterocycles. The number of aliphatic imine (C=N–C) groups is 1. The number of carbonyl (C=O) groups excluding carboxylic acids is 1. The van der Waals surface area contributed by atoms with Gasteiger partial charge in [0.2, 0.25) is 0 Å². The van der Waals surface area contributed by atoms with Crippen molar-refractivity contribution in [3.63, 3.8) is 0 Å². The van der Waals surface area contributed by atoms with Gasteiger partial charge >= 0.3 is 11.9 Å². The molecule has 8 heteroatoms. The molecule has 0 bridgehead atoms. The summed E-state index contributed by atoms with van der Waals surface area (Å²) < 4.78 is 4.57. The second-order valence-corrected chi connectivity index (χ2v) is 3.95. The number of amidine groups is 1. The van der Waals surface area contributed by atoms with Crippen molar-refractivity contribution in [2.24, 2.45) is 10.7 Å². The van der Waals surface area contributed by atoms with Crippen LogP contribution in [0.15, 0.2) is 4.99 Å². The fourth-order valence-electron chi connectivity index (χ4n) is 1.35. The summed E-state index contributed by atoms with van der Waals surface area (Å²) in [5.74, 6) is -1.58. The third-order valence-electron chi connectivity index (χ3n) is 2.40. The summed E-state index contributed by atoms with van der Waals surface area (Å²) in [6.07, 6.45) is 1.52. The first-order valence-electron chi connectivity index (χ1n) is 5.95. The van der Waals surface area contributed by atoms with Crippen LogP contribution in [0.1, 0.15) is 33.1 Å². The number of esters is 1. The maximum absolute atomic E-state index is 11.0. The van der Waals surface area contributed by atoms with Crippen molar-refractivity contribution in [2.75, 3.05) is 13.3 Å². The largest absolute Gasteiger partial charge is 0.480 e. The van der Waals surface area contributed by atoms with Crippen LogP contribution in [0.5, 0.6) is 0 Å². The topological polar surface area (TPSA) is 125 Å². The maximum Gasteiger partial charge on any atom is 0.329 e. The third-order valence-corrected chi connectivity index (χ3v) is 2.40. The first-order valence-corrected chi connectivity index (χ1v) is 5.95. The molecule has 4 N–H and O–H groups in total. The van der Waals surface area contributed by atoms with Gasteiger partial charge in [0.25, 0.3) is 0 Å². The molecule has 0 amide bonds. The number of nitrogens with two attached hydrogens (primary N) is 1. The molecule has 0 aliphatic rings. The molecule has 1 atom stereocenters. The van der Waals surface area contributed by atoms with Crippen LogP contribution in [0.2, 0.25) is 0 Å². The predicted molar refractivity (Wildman–Crippen MR) is 67.7 cm³/mol. The second-order valence-electron chi connectivity index (χ2n) is 3.95. The fraction of sp³-hybridized carbons (Fsp3) is 0.727. The molecule has 0 aromatic rings. The first kappa shape index (κ1) is 17.3. The van der Waals surface area contributed by atoms with Gasteiger partial charge < -0.3 is 15.6 Å². The number of hydrogen-bond acceptors (Lipinski definition) is 6. The van der Waals surface area contributed by atoms with Crippen LogP contribution in [0.3, 0.4) is 0 Å². The van der Waals surface area contributed by atoms with Crippen LogP contribution < -0.4 is 5.73 Å². The number of rotatable bonds is 8. The van der Waals surface area contributed by atoms with Crippen LogP contribution in [0.4, 0.5) is 0 Å². The number of hydroxylamine groups is 2. The average Bonchev–Trinajstić information content (AvgIpc) is 2.32. The van der Waals surface area contributed by atoms with Gasteiger partial charge in [-0.2, -0.15) is 0 Å². The molecule has 110 valence electrons. The molecular weight excluding hydrogens is 254 g/mol. The van der Waals surface area contributed by atoms with Crippen molar-refractivity contribution in [1.29, 1.82) is 0 Å². The highest BCUT2D eigenvalue weighted by atomic mass is 16.5. The molecule has 19 heavy (non-hydrogen) atoms. The van der Waals surface area contributed by atoms with E-state index < -0.39 is 18.0 Å². The van der Waals surface area contributed by atoms with Crippen LogP contribution >= 0.6 is 0 Å². The third kappa shape index (κ3) is 7.37. The Morgan fingerprint density at radius 1 is 1.37 bits per heavy atom. The highest BCUT2D eigenvalue weighted by molar-refractivity contribution is 5.84. The average molecular weight is 275 g/mol. The van der Waals surface area contributed by atoms with Crippen molar-refractivity contribution in [3.05, 3.63) is 0 Å². The van der Waals surface area contributed by atoms with E-state index in [0.717, 1.165) is 0 Å². The molecule has 0 aliphatic carbocycles. The molecule has 0 radical (unpaired) electrons. The van der Waals surface area contributed by atoms with Crippen molar-refractivity contribution in [3.8, 4) is 0 Å². The van der Waals surface area contributed by atoms with Gasteiger partial charge in [-0.15, -0.1) is 0 Å². The molecule has 0 spiro atoms. The van der Waals surface area contributed by atoms with E-state index in [1.165, 1.54) is 13.8 Å². The Kier molecular flexibility index (Phi) is 8.47. The number of unbranched alkanes of at least 4 members (excludes halogenated alkanes) is 1. The Labute approximate surface area is 111 Å². The van der Waals surface area contributed by atoms with Gasteiger partial charge in [-0.05, 0) is 32.7 Å². The van der Waals surface area contributed by atoms with Gasteiger partial charge in [-0.1, -0.05) is 0 Å². The summed E-state index contributed by atoms with van der Waals surface area (Å²) in [5, 5.41) is 19.4. The van der Waals surface area contributed by atoms with Crippen LogP contribution in [0.25, 0.3) is 0 Å². The van der Waals surface area contributed by atoms with Gasteiger partial charge in [0, 0.05) is 6.92 Å². The first-order chi connectivity index (χ1) is 8.90. The molecule has 0 aliphatic heterocycles. The normalized spacial score (nSPS) is 12.9. The van der Waals surface area contributed by atoms with Gasteiger partial charge in [0.15, 0.2) is 12.8 Å². The van der Waals surface area contributed by atoms with Crippen molar-refractivity contribution < 1.29 is 24.6 Å². The Morgan fingerprint density at radius 2 is 2.00 bits per heavy atom. The number of carboxylic acid groups (broad SMARTS) is 1. The number of nitrogens with zero attached hydrogens (tertiary/aromatic N) is 2. The fourth-order valence-corrected chi connectivity index (χ4v) is 1.35. The van der Waals surface area contributed by atoms with E-state index in [1.807, 2.05) is 0 Å². The van der Waals surface area contributed by atoms with Gasteiger partial charge in [-0.25, -0.2) is 14.9 Å². The minimum atomic E-state index is -1.15. The van der Waals surface area contributed by atoms with E-state index in [4.69, 9.17) is 10.8 Å². The maximum atomic E-state index is 11.0. The van der Waals surface area contributed by atoms with E-state index in [2.05, 4.69) is 9.73 Å². The Hall–Kier alpha value is -1.67. The Bertz CT molecular complexity index is 332. The van der Waals surface area contributed by atoms with Crippen molar-refractivity contribution in [2.45, 2.75) is 39.2 Å². The summed E-state index contributed by atoms with van der Waals surface area (Å²) >= 11 is 0. The highest BCUT2D eigenvalue weighted by Crippen LogP contribution is 2.08. The predicted octanol–water partition coefficient (Wildman–Crippen LogP) is 0.199. The SMILES string of the molecule is CC(=O)OC/N=C(\C)N(O)[C@@H](CCCCN)C(=O)O. The van der Waals surface area contributed by atoms with E-state index in [1.54, 1.807) is 0 Å². The van der Waals surface area contributed by atoms with Gasteiger partial charge in [-0.3, -0.25) is 10.0 Å². The molecule has 0 aromatic heterocycles. The van der Waals surface area contributed by atoms with E-state index in [-0.39, 0.29) is 19.0 Å². The van der Waals surface area contributed by atoms with Gasteiger partial charge in [0.1, 0.15) is 5.84 Å². The molecule has 0 saturated carbocycles. The standard InChI is InChI=1S/C11H21N3O5/c1-8(13-7-19-9(2)15)14(18)10(11(16)17)5-3-4-6-12/h10,18H,3-7,12H2,1-2H3,(H,16,17)/b13-8+/t10-/m0/s1. The number of carbonyl (C=O) groups is 2. The molecule has 0 rings (SSSR count).